The van der Waals surface area contributed by atoms with Gasteiger partial charge in [-0.3, -0.25) is 0 Å². The van der Waals surface area contributed by atoms with Crippen LogP contribution in [0.5, 0.6) is 5.75 Å². The van der Waals surface area contributed by atoms with Gasteiger partial charge in [0.25, 0.3) is 0 Å². The van der Waals surface area contributed by atoms with Crippen LogP contribution < -0.4 is 4.74 Å². The number of allylic oxidation sites excluding steroid dienone is 1. The smallest absolute Gasteiger partial charge is 0.123 e. The van der Waals surface area contributed by atoms with E-state index >= 15 is 0 Å². The average Bonchev–Trinajstić information content (AvgIpc) is 2.18. The summed E-state index contributed by atoms with van der Waals surface area (Å²) in [6, 6.07) is 4.57. The summed E-state index contributed by atoms with van der Waals surface area (Å²) in [4.78, 5) is 0. The molecule has 14 heavy (non-hydrogen) atoms. The van der Waals surface area contributed by atoms with Crippen molar-refractivity contribution in [3.8, 4) is 5.75 Å². The number of rotatable bonds is 4. The van der Waals surface area contributed by atoms with Crippen molar-refractivity contribution >= 4 is 0 Å². The Morgan fingerprint density at radius 3 is 2.86 bits per heavy atom. The summed E-state index contributed by atoms with van der Waals surface area (Å²) in [6.07, 6.45) is 2.61. The minimum atomic E-state index is -0.225. The van der Waals surface area contributed by atoms with Crippen molar-refractivity contribution in [2.24, 2.45) is 5.92 Å². The third-order valence-electron chi connectivity index (χ3n) is 2.19. The summed E-state index contributed by atoms with van der Waals surface area (Å²) in [7, 11) is 1.59. The maximum atomic E-state index is 13.0. The molecule has 2 heteroatoms. The lowest BCUT2D eigenvalue weighted by molar-refractivity contribution is 0.406. The maximum Gasteiger partial charge on any atom is 0.123 e. The minimum Gasteiger partial charge on any atom is -0.496 e. The van der Waals surface area contributed by atoms with Crippen LogP contribution in [0.25, 0.3) is 0 Å². The van der Waals surface area contributed by atoms with E-state index in [9.17, 15) is 4.39 Å². The average molecular weight is 194 g/mol. The molecule has 0 radical (unpaired) electrons. The summed E-state index contributed by atoms with van der Waals surface area (Å²) in [5.41, 5.74) is 0.889. The van der Waals surface area contributed by atoms with Crippen LogP contribution in [0, 0.1) is 11.7 Å². The van der Waals surface area contributed by atoms with Gasteiger partial charge in [-0.2, -0.15) is 0 Å². The molecule has 76 valence electrons. The van der Waals surface area contributed by atoms with Crippen LogP contribution in [-0.4, -0.2) is 7.11 Å². The van der Waals surface area contributed by atoms with E-state index in [1.165, 1.54) is 12.1 Å². The lowest BCUT2D eigenvalue weighted by atomic mass is 10.0. The fourth-order valence-corrected chi connectivity index (χ4v) is 1.34. The van der Waals surface area contributed by atoms with Gasteiger partial charge in [0.15, 0.2) is 0 Å². The first kappa shape index (κ1) is 10.8. The first-order valence-corrected chi connectivity index (χ1v) is 4.62. The fraction of sp³-hybridized carbons (Fsp3) is 0.333. The molecule has 0 fully saturated rings. The molecule has 1 aromatic rings. The number of hydrogen-bond donors (Lipinski definition) is 0. The first-order valence-electron chi connectivity index (χ1n) is 4.62. The highest BCUT2D eigenvalue weighted by Crippen LogP contribution is 2.22. The van der Waals surface area contributed by atoms with E-state index in [4.69, 9.17) is 4.74 Å². The van der Waals surface area contributed by atoms with E-state index in [0.717, 1.165) is 17.7 Å². The number of benzene rings is 1. The molecular formula is C12H15FO. The Morgan fingerprint density at radius 1 is 1.57 bits per heavy atom. The van der Waals surface area contributed by atoms with Crippen molar-refractivity contribution in [2.75, 3.05) is 7.11 Å². The zero-order valence-corrected chi connectivity index (χ0v) is 8.59. The molecule has 0 bridgehead atoms. The van der Waals surface area contributed by atoms with E-state index < -0.39 is 0 Å². The normalized spacial score (nSPS) is 12.2. The number of methoxy groups -OCH3 is 1. The summed E-state index contributed by atoms with van der Waals surface area (Å²) in [6.45, 7) is 5.74. The molecule has 0 N–H and O–H groups in total. The molecule has 0 aromatic heterocycles. The third-order valence-corrected chi connectivity index (χ3v) is 2.19. The molecule has 0 aliphatic rings. The molecule has 1 unspecified atom stereocenters. The van der Waals surface area contributed by atoms with Gasteiger partial charge >= 0.3 is 0 Å². The first-order chi connectivity index (χ1) is 6.67. The monoisotopic (exact) mass is 194 g/mol. The zero-order chi connectivity index (χ0) is 10.6. The van der Waals surface area contributed by atoms with Gasteiger partial charge in [0.2, 0.25) is 0 Å². The van der Waals surface area contributed by atoms with Gasteiger partial charge < -0.3 is 4.74 Å². The highest BCUT2D eigenvalue weighted by atomic mass is 19.1. The molecule has 1 nitrogen and oxygen atoms in total. The van der Waals surface area contributed by atoms with E-state index in [1.807, 2.05) is 13.0 Å². The summed E-state index contributed by atoms with van der Waals surface area (Å²) >= 11 is 0. The Labute approximate surface area is 84.2 Å². The largest absolute Gasteiger partial charge is 0.496 e. The second kappa shape index (κ2) is 4.80. The molecule has 0 heterocycles. The second-order valence-electron chi connectivity index (χ2n) is 3.37. The van der Waals surface area contributed by atoms with Gasteiger partial charge in [0, 0.05) is 0 Å². The molecule has 0 saturated carbocycles. The summed E-state index contributed by atoms with van der Waals surface area (Å²) in [5, 5.41) is 0. The van der Waals surface area contributed by atoms with E-state index in [0.29, 0.717) is 5.92 Å². The molecule has 0 saturated heterocycles. The van der Waals surface area contributed by atoms with E-state index in [-0.39, 0.29) is 5.82 Å². The van der Waals surface area contributed by atoms with Crippen LogP contribution in [0.4, 0.5) is 4.39 Å². The third kappa shape index (κ3) is 2.59. The minimum absolute atomic E-state index is 0.225. The van der Waals surface area contributed by atoms with Crippen molar-refractivity contribution < 1.29 is 9.13 Å². The molecule has 0 aliphatic carbocycles. The van der Waals surface area contributed by atoms with Crippen LogP contribution in [0.1, 0.15) is 12.5 Å². The zero-order valence-electron chi connectivity index (χ0n) is 8.59. The van der Waals surface area contributed by atoms with Crippen LogP contribution in [0.15, 0.2) is 30.9 Å². The van der Waals surface area contributed by atoms with Gasteiger partial charge in [-0.1, -0.05) is 13.0 Å². The molecule has 0 amide bonds. The number of ether oxygens (including phenoxy) is 1. The maximum absolute atomic E-state index is 13.0. The van der Waals surface area contributed by atoms with Crippen molar-refractivity contribution in [2.45, 2.75) is 13.3 Å². The predicted octanol–water partition coefficient (Wildman–Crippen LogP) is 3.20. The van der Waals surface area contributed by atoms with Gasteiger partial charge in [0.1, 0.15) is 11.6 Å². The summed E-state index contributed by atoms with van der Waals surface area (Å²) in [5.74, 6) is 0.836. The number of hydrogen-bond acceptors (Lipinski definition) is 1. The van der Waals surface area contributed by atoms with E-state index in [2.05, 4.69) is 6.58 Å². The van der Waals surface area contributed by atoms with Crippen molar-refractivity contribution in [3.63, 3.8) is 0 Å². The molecule has 0 spiro atoms. The quantitative estimate of drug-likeness (QED) is 0.669. The number of halogens is 1. The lowest BCUT2D eigenvalue weighted by Crippen LogP contribution is -1.99. The van der Waals surface area contributed by atoms with Gasteiger partial charge in [-0.15, -0.1) is 6.58 Å². The highest BCUT2D eigenvalue weighted by molar-refractivity contribution is 5.34. The second-order valence-corrected chi connectivity index (χ2v) is 3.37. The van der Waals surface area contributed by atoms with Crippen LogP contribution >= 0.6 is 0 Å². The fourth-order valence-electron chi connectivity index (χ4n) is 1.34. The Balaban J connectivity index is 2.92. The topological polar surface area (TPSA) is 9.23 Å². The Hall–Kier alpha value is -1.31. The van der Waals surface area contributed by atoms with Gasteiger partial charge in [-0.25, -0.2) is 4.39 Å². The standard InChI is InChI=1S/C12H15FO/c1-4-9(2)7-10-8-11(13)5-6-12(10)14-3/h4-6,8-9H,1,7H2,2-3H3. The molecule has 1 atom stereocenters. The molecular weight excluding hydrogens is 179 g/mol. The Morgan fingerprint density at radius 2 is 2.29 bits per heavy atom. The van der Waals surface area contributed by atoms with Crippen LogP contribution in [0.2, 0.25) is 0 Å². The summed E-state index contributed by atoms with van der Waals surface area (Å²) < 4.78 is 18.1. The van der Waals surface area contributed by atoms with Crippen LogP contribution in [-0.2, 0) is 6.42 Å². The molecule has 1 rings (SSSR count). The van der Waals surface area contributed by atoms with E-state index in [1.54, 1.807) is 13.2 Å². The highest BCUT2D eigenvalue weighted by Gasteiger charge is 2.07. The van der Waals surface area contributed by atoms with Gasteiger partial charge in [0.05, 0.1) is 7.11 Å². The van der Waals surface area contributed by atoms with Gasteiger partial charge in [-0.05, 0) is 36.1 Å². The van der Waals surface area contributed by atoms with Crippen LogP contribution in [0.3, 0.4) is 0 Å². The molecule has 0 aliphatic heterocycles. The van der Waals surface area contributed by atoms with Crippen molar-refractivity contribution in [1.82, 2.24) is 0 Å². The SMILES string of the molecule is C=CC(C)Cc1cc(F)ccc1OC. The lowest BCUT2D eigenvalue weighted by Gasteiger charge is -2.10. The Kier molecular flexibility index (Phi) is 3.69. The molecule has 1 aromatic carbocycles. The Bertz CT molecular complexity index is 320. The van der Waals surface area contributed by atoms with Crippen molar-refractivity contribution in [3.05, 3.63) is 42.2 Å². The predicted molar refractivity (Wildman–Crippen MR) is 56.0 cm³/mol. The van der Waals surface area contributed by atoms with Crippen molar-refractivity contribution in [1.29, 1.82) is 0 Å².